The molecule has 88 valence electrons. The highest BCUT2D eigenvalue weighted by Gasteiger charge is 1.98. The molecule has 3 N–H and O–H groups in total. The molecule has 3 heteroatoms. The maximum Gasteiger partial charge on any atom is 0.126 e. The van der Waals surface area contributed by atoms with Crippen LogP contribution in [0.25, 0.3) is 0 Å². The quantitative estimate of drug-likeness (QED) is 0.844. The first kappa shape index (κ1) is 11.5. The molecule has 1 aromatic heterocycles. The van der Waals surface area contributed by atoms with Crippen LogP contribution in [-0.4, -0.2) is 11.5 Å². The Labute approximate surface area is 102 Å². The summed E-state index contributed by atoms with van der Waals surface area (Å²) in [5.41, 5.74) is 8.84. The van der Waals surface area contributed by atoms with Crippen LogP contribution in [0, 0.1) is 6.92 Å². The highest BCUT2D eigenvalue weighted by molar-refractivity contribution is 5.50. The molecule has 1 aromatic carbocycles. The van der Waals surface area contributed by atoms with Crippen molar-refractivity contribution in [1.82, 2.24) is 4.98 Å². The number of nitrogens with one attached hydrogen (secondary N) is 1. The van der Waals surface area contributed by atoms with Gasteiger partial charge >= 0.3 is 0 Å². The first-order chi connectivity index (χ1) is 8.25. The molecule has 0 radical (unpaired) electrons. The maximum atomic E-state index is 5.72. The smallest absolute Gasteiger partial charge is 0.126 e. The molecule has 0 spiro atoms. The Hall–Kier alpha value is -2.03. The van der Waals surface area contributed by atoms with E-state index >= 15 is 0 Å². The van der Waals surface area contributed by atoms with Crippen molar-refractivity contribution in [3.63, 3.8) is 0 Å². The van der Waals surface area contributed by atoms with Gasteiger partial charge in [-0.25, -0.2) is 4.98 Å². The molecule has 3 nitrogen and oxygen atoms in total. The Balaban J connectivity index is 1.88. The largest absolute Gasteiger partial charge is 0.397 e. The molecule has 2 rings (SSSR count). The lowest BCUT2D eigenvalue weighted by Gasteiger charge is -2.07. The molecule has 2 aromatic rings. The van der Waals surface area contributed by atoms with Crippen LogP contribution in [0.15, 0.2) is 42.6 Å². The standard InChI is InChI=1S/C14H17N3/c1-11-9-14(17-10-13(11)15)16-8-7-12-5-3-2-4-6-12/h2-6,9-10H,7-8,15H2,1H3,(H,16,17). The highest BCUT2D eigenvalue weighted by atomic mass is 15.0. The fourth-order valence-corrected chi connectivity index (χ4v) is 1.64. The van der Waals surface area contributed by atoms with Gasteiger partial charge in [0.15, 0.2) is 0 Å². The lowest BCUT2D eigenvalue weighted by atomic mass is 10.1. The number of pyridine rings is 1. The van der Waals surface area contributed by atoms with E-state index in [2.05, 4.69) is 34.6 Å². The van der Waals surface area contributed by atoms with Crippen LogP contribution in [0.4, 0.5) is 11.5 Å². The van der Waals surface area contributed by atoms with E-state index in [9.17, 15) is 0 Å². The molecule has 0 unspecified atom stereocenters. The van der Waals surface area contributed by atoms with Crippen LogP contribution >= 0.6 is 0 Å². The lowest BCUT2D eigenvalue weighted by molar-refractivity contribution is 1.01. The molecule has 17 heavy (non-hydrogen) atoms. The van der Waals surface area contributed by atoms with Crippen LogP contribution in [0.2, 0.25) is 0 Å². The van der Waals surface area contributed by atoms with E-state index in [0.29, 0.717) is 0 Å². The third-order valence-corrected chi connectivity index (χ3v) is 2.71. The maximum absolute atomic E-state index is 5.72. The van der Waals surface area contributed by atoms with E-state index in [1.807, 2.05) is 19.1 Å². The highest BCUT2D eigenvalue weighted by Crippen LogP contribution is 2.13. The molecule has 0 saturated heterocycles. The second-order valence-electron chi connectivity index (χ2n) is 4.09. The lowest BCUT2D eigenvalue weighted by Crippen LogP contribution is -2.06. The zero-order valence-corrected chi connectivity index (χ0v) is 9.98. The van der Waals surface area contributed by atoms with Gasteiger partial charge in [0.05, 0.1) is 11.9 Å². The van der Waals surface area contributed by atoms with Crippen LogP contribution < -0.4 is 11.1 Å². The Bertz CT molecular complexity index is 480. The molecular weight excluding hydrogens is 210 g/mol. The van der Waals surface area contributed by atoms with Crippen molar-refractivity contribution in [3.8, 4) is 0 Å². The average Bonchev–Trinajstić information content (AvgIpc) is 2.35. The van der Waals surface area contributed by atoms with Crippen molar-refractivity contribution in [3.05, 3.63) is 53.7 Å². The number of nitrogens with two attached hydrogens (primary N) is 1. The van der Waals surface area contributed by atoms with Crippen LogP contribution in [0.3, 0.4) is 0 Å². The van der Waals surface area contributed by atoms with Crippen molar-refractivity contribution in [2.75, 3.05) is 17.6 Å². The molecule has 0 atom stereocenters. The second-order valence-corrected chi connectivity index (χ2v) is 4.09. The Morgan fingerprint density at radius 1 is 1.24 bits per heavy atom. The number of hydrogen-bond acceptors (Lipinski definition) is 3. The fraction of sp³-hybridized carbons (Fsp3) is 0.214. The van der Waals surface area contributed by atoms with E-state index in [0.717, 1.165) is 30.0 Å². The van der Waals surface area contributed by atoms with Crippen molar-refractivity contribution in [2.45, 2.75) is 13.3 Å². The van der Waals surface area contributed by atoms with Crippen LogP contribution in [-0.2, 0) is 6.42 Å². The van der Waals surface area contributed by atoms with Gasteiger partial charge in [-0.1, -0.05) is 30.3 Å². The van der Waals surface area contributed by atoms with Gasteiger partial charge in [-0.05, 0) is 30.5 Å². The summed E-state index contributed by atoms with van der Waals surface area (Å²) in [6.45, 7) is 2.86. The summed E-state index contributed by atoms with van der Waals surface area (Å²) in [4.78, 5) is 4.23. The number of nitrogen functional groups attached to an aromatic ring is 1. The summed E-state index contributed by atoms with van der Waals surface area (Å²) in [6.07, 6.45) is 2.69. The number of hydrogen-bond donors (Lipinski definition) is 2. The second kappa shape index (κ2) is 5.34. The summed E-state index contributed by atoms with van der Waals surface area (Å²) in [6, 6.07) is 12.4. The first-order valence-electron chi connectivity index (χ1n) is 5.75. The van der Waals surface area contributed by atoms with Crippen molar-refractivity contribution >= 4 is 11.5 Å². The normalized spacial score (nSPS) is 10.2. The summed E-state index contributed by atoms with van der Waals surface area (Å²) >= 11 is 0. The van der Waals surface area contributed by atoms with E-state index in [4.69, 9.17) is 5.73 Å². The predicted octanol–water partition coefficient (Wildman–Crippen LogP) is 2.63. The minimum atomic E-state index is 0.735. The van der Waals surface area contributed by atoms with E-state index in [1.54, 1.807) is 6.20 Å². The minimum absolute atomic E-state index is 0.735. The molecule has 0 amide bonds. The van der Waals surface area contributed by atoms with Gasteiger partial charge in [-0.3, -0.25) is 0 Å². The zero-order valence-electron chi connectivity index (χ0n) is 9.98. The van der Waals surface area contributed by atoms with E-state index in [1.165, 1.54) is 5.56 Å². The monoisotopic (exact) mass is 227 g/mol. The van der Waals surface area contributed by atoms with Crippen molar-refractivity contribution in [1.29, 1.82) is 0 Å². The van der Waals surface area contributed by atoms with Gasteiger partial charge in [-0.2, -0.15) is 0 Å². The van der Waals surface area contributed by atoms with Gasteiger partial charge in [-0.15, -0.1) is 0 Å². The number of benzene rings is 1. The van der Waals surface area contributed by atoms with Crippen molar-refractivity contribution < 1.29 is 0 Å². The number of anilines is 2. The van der Waals surface area contributed by atoms with Gasteiger partial charge in [0, 0.05) is 6.54 Å². The predicted molar refractivity (Wildman–Crippen MR) is 72.0 cm³/mol. The molecule has 0 aliphatic heterocycles. The third kappa shape index (κ3) is 3.21. The number of aromatic nitrogens is 1. The summed E-state index contributed by atoms with van der Waals surface area (Å²) < 4.78 is 0. The van der Waals surface area contributed by atoms with Gasteiger partial charge < -0.3 is 11.1 Å². The molecule has 0 aliphatic rings. The molecular formula is C14H17N3. The Morgan fingerprint density at radius 2 is 2.00 bits per heavy atom. The average molecular weight is 227 g/mol. The summed E-state index contributed by atoms with van der Waals surface area (Å²) in [7, 11) is 0. The molecule has 0 fully saturated rings. The minimum Gasteiger partial charge on any atom is -0.397 e. The van der Waals surface area contributed by atoms with Gasteiger partial charge in [0.2, 0.25) is 0 Å². The Morgan fingerprint density at radius 3 is 2.71 bits per heavy atom. The summed E-state index contributed by atoms with van der Waals surface area (Å²) in [5.74, 6) is 0.882. The zero-order chi connectivity index (χ0) is 12.1. The van der Waals surface area contributed by atoms with Gasteiger partial charge in [0.1, 0.15) is 5.82 Å². The van der Waals surface area contributed by atoms with Crippen LogP contribution in [0.1, 0.15) is 11.1 Å². The fourth-order valence-electron chi connectivity index (χ4n) is 1.64. The first-order valence-corrected chi connectivity index (χ1v) is 5.75. The van der Waals surface area contributed by atoms with Gasteiger partial charge in [0.25, 0.3) is 0 Å². The number of nitrogens with zero attached hydrogens (tertiary/aromatic N) is 1. The van der Waals surface area contributed by atoms with Crippen molar-refractivity contribution in [2.24, 2.45) is 0 Å². The molecule has 1 heterocycles. The van der Waals surface area contributed by atoms with Crippen LogP contribution in [0.5, 0.6) is 0 Å². The molecule has 0 bridgehead atoms. The van der Waals surface area contributed by atoms with E-state index < -0.39 is 0 Å². The number of rotatable bonds is 4. The van der Waals surface area contributed by atoms with E-state index in [-0.39, 0.29) is 0 Å². The third-order valence-electron chi connectivity index (χ3n) is 2.71. The topological polar surface area (TPSA) is 50.9 Å². The SMILES string of the molecule is Cc1cc(NCCc2ccccc2)ncc1N. The molecule has 0 saturated carbocycles. The molecule has 0 aliphatic carbocycles. The Kier molecular flexibility index (Phi) is 3.60. The summed E-state index contributed by atoms with van der Waals surface area (Å²) in [5, 5.41) is 3.29. The number of aryl methyl sites for hydroxylation is 1.